The Kier molecular flexibility index (Phi) is 3.74. The van der Waals surface area contributed by atoms with Gasteiger partial charge in [0.25, 0.3) is 0 Å². The van der Waals surface area contributed by atoms with Crippen molar-refractivity contribution >= 4 is 15.9 Å². The molecule has 88 valence electrons. The fourth-order valence-electron chi connectivity index (χ4n) is 1.47. The number of halogens is 1. The third-order valence-electron chi connectivity index (χ3n) is 2.28. The third kappa shape index (κ3) is 3.03. The first kappa shape index (κ1) is 12.0. The second-order valence-electron chi connectivity index (χ2n) is 3.63. The normalized spacial score (nSPS) is 10.3. The molecule has 0 atom stereocenters. The Balaban J connectivity index is 2.30. The largest absolute Gasteiger partial charge is 0.438 e. The lowest BCUT2D eigenvalue weighted by Crippen LogP contribution is -1.97. The van der Waals surface area contributed by atoms with Crippen LogP contribution in [0.15, 0.2) is 34.8 Å². The minimum atomic E-state index is 0.584. The number of nitrogens with zero attached hydrogens (tertiary/aromatic N) is 2. The molecule has 2 aromatic rings. The molecule has 0 fully saturated rings. The molecule has 0 saturated carbocycles. The van der Waals surface area contributed by atoms with E-state index in [1.165, 1.54) is 0 Å². The highest BCUT2D eigenvalue weighted by molar-refractivity contribution is 9.10. The first-order valence-corrected chi connectivity index (χ1v) is 6.25. The van der Waals surface area contributed by atoms with Crippen molar-refractivity contribution in [2.75, 3.05) is 0 Å². The fourth-order valence-corrected chi connectivity index (χ4v) is 1.84. The lowest BCUT2D eigenvalue weighted by molar-refractivity contribution is 0.456. The molecule has 1 aromatic carbocycles. The van der Waals surface area contributed by atoms with Crippen LogP contribution >= 0.6 is 15.9 Å². The van der Waals surface area contributed by atoms with Crippen molar-refractivity contribution in [1.82, 2.24) is 9.97 Å². The minimum absolute atomic E-state index is 0.584. The van der Waals surface area contributed by atoms with Gasteiger partial charge in [-0.3, -0.25) is 0 Å². The van der Waals surface area contributed by atoms with E-state index < -0.39 is 0 Å². The van der Waals surface area contributed by atoms with Crippen molar-refractivity contribution in [2.24, 2.45) is 0 Å². The fraction of sp³-hybridized carbons (Fsp3) is 0.231. The molecule has 1 heterocycles. The summed E-state index contributed by atoms with van der Waals surface area (Å²) in [5.74, 6) is 2.07. The van der Waals surface area contributed by atoms with Gasteiger partial charge in [-0.05, 0) is 41.4 Å². The number of aryl methyl sites for hydroxylation is 2. The highest BCUT2D eigenvalue weighted by Crippen LogP contribution is 2.28. The van der Waals surface area contributed by atoms with Crippen LogP contribution in [-0.2, 0) is 6.42 Å². The lowest BCUT2D eigenvalue weighted by atomic mass is 10.3. The maximum atomic E-state index is 5.73. The zero-order chi connectivity index (χ0) is 12.3. The van der Waals surface area contributed by atoms with Gasteiger partial charge in [-0.1, -0.05) is 19.1 Å². The molecule has 2 rings (SSSR count). The molecule has 0 spiro atoms. The molecule has 0 unspecified atom stereocenters. The standard InChI is InChI=1S/C13H13BrN2O/c1-3-10-8-13(16-9(2)15-10)17-12-7-5-4-6-11(12)14/h4-8H,3H2,1-2H3. The number of hydrogen-bond acceptors (Lipinski definition) is 3. The van der Waals surface area contributed by atoms with E-state index in [4.69, 9.17) is 4.74 Å². The van der Waals surface area contributed by atoms with Gasteiger partial charge in [0.1, 0.15) is 11.6 Å². The Hall–Kier alpha value is -1.42. The maximum Gasteiger partial charge on any atom is 0.222 e. The van der Waals surface area contributed by atoms with E-state index in [0.717, 1.165) is 28.2 Å². The van der Waals surface area contributed by atoms with Crippen molar-refractivity contribution in [1.29, 1.82) is 0 Å². The molecule has 0 aliphatic carbocycles. The smallest absolute Gasteiger partial charge is 0.222 e. The average molecular weight is 293 g/mol. The summed E-state index contributed by atoms with van der Waals surface area (Å²) in [5.41, 5.74) is 0.986. The highest BCUT2D eigenvalue weighted by Gasteiger charge is 2.05. The monoisotopic (exact) mass is 292 g/mol. The summed E-state index contributed by atoms with van der Waals surface area (Å²) in [4.78, 5) is 8.58. The van der Waals surface area contributed by atoms with Crippen LogP contribution < -0.4 is 4.74 Å². The number of ether oxygens (including phenoxy) is 1. The zero-order valence-corrected chi connectivity index (χ0v) is 11.4. The first-order valence-electron chi connectivity index (χ1n) is 5.46. The van der Waals surface area contributed by atoms with Crippen LogP contribution in [0.4, 0.5) is 0 Å². The predicted octanol–water partition coefficient (Wildman–Crippen LogP) is 3.90. The van der Waals surface area contributed by atoms with E-state index in [9.17, 15) is 0 Å². The van der Waals surface area contributed by atoms with E-state index in [1.807, 2.05) is 37.3 Å². The maximum absolute atomic E-state index is 5.73. The molecule has 3 nitrogen and oxygen atoms in total. The van der Waals surface area contributed by atoms with E-state index in [0.29, 0.717) is 5.88 Å². The Labute approximate surface area is 109 Å². The van der Waals surface area contributed by atoms with E-state index in [-0.39, 0.29) is 0 Å². The Morgan fingerprint density at radius 2 is 2.00 bits per heavy atom. The highest BCUT2D eigenvalue weighted by atomic mass is 79.9. The van der Waals surface area contributed by atoms with Gasteiger partial charge in [-0.25, -0.2) is 4.98 Å². The molecule has 0 aliphatic rings. The summed E-state index contributed by atoms with van der Waals surface area (Å²) in [6, 6.07) is 9.57. The quantitative estimate of drug-likeness (QED) is 0.860. The van der Waals surface area contributed by atoms with Crippen LogP contribution in [0.3, 0.4) is 0 Å². The molecular weight excluding hydrogens is 280 g/mol. The van der Waals surface area contributed by atoms with Gasteiger partial charge in [0, 0.05) is 11.8 Å². The molecular formula is C13H13BrN2O. The number of hydrogen-bond donors (Lipinski definition) is 0. The van der Waals surface area contributed by atoms with E-state index in [2.05, 4.69) is 32.8 Å². The molecule has 0 saturated heterocycles. The first-order chi connectivity index (χ1) is 8.19. The van der Waals surface area contributed by atoms with E-state index in [1.54, 1.807) is 0 Å². The van der Waals surface area contributed by atoms with Crippen molar-refractivity contribution in [2.45, 2.75) is 20.3 Å². The van der Waals surface area contributed by atoms with Crippen molar-refractivity contribution in [3.8, 4) is 11.6 Å². The summed E-state index contributed by atoms with van der Waals surface area (Å²) in [7, 11) is 0. The van der Waals surface area contributed by atoms with Crippen LogP contribution in [0.25, 0.3) is 0 Å². The van der Waals surface area contributed by atoms with Crippen molar-refractivity contribution in [3.63, 3.8) is 0 Å². The van der Waals surface area contributed by atoms with E-state index >= 15 is 0 Å². The van der Waals surface area contributed by atoms with Crippen molar-refractivity contribution in [3.05, 3.63) is 46.3 Å². The van der Waals surface area contributed by atoms with Gasteiger partial charge in [-0.2, -0.15) is 4.98 Å². The summed E-state index contributed by atoms with van der Waals surface area (Å²) in [5, 5.41) is 0. The number of para-hydroxylation sites is 1. The molecule has 0 amide bonds. The second kappa shape index (κ2) is 5.27. The Morgan fingerprint density at radius 3 is 2.71 bits per heavy atom. The number of benzene rings is 1. The molecule has 0 radical (unpaired) electrons. The SMILES string of the molecule is CCc1cc(Oc2ccccc2Br)nc(C)n1. The molecule has 4 heteroatoms. The number of rotatable bonds is 3. The zero-order valence-electron chi connectivity index (χ0n) is 9.77. The third-order valence-corrected chi connectivity index (χ3v) is 2.94. The molecule has 17 heavy (non-hydrogen) atoms. The van der Waals surface area contributed by atoms with Crippen LogP contribution in [-0.4, -0.2) is 9.97 Å². The topological polar surface area (TPSA) is 35.0 Å². The number of aromatic nitrogens is 2. The van der Waals surface area contributed by atoms with Crippen LogP contribution in [0.2, 0.25) is 0 Å². The molecule has 0 N–H and O–H groups in total. The van der Waals surface area contributed by atoms with Crippen molar-refractivity contribution < 1.29 is 4.74 Å². The Bertz CT molecular complexity index is 529. The van der Waals surface area contributed by atoms with Crippen LogP contribution in [0, 0.1) is 6.92 Å². The minimum Gasteiger partial charge on any atom is -0.438 e. The second-order valence-corrected chi connectivity index (χ2v) is 4.49. The van der Waals surface area contributed by atoms with Crippen LogP contribution in [0.5, 0.6) is 11.6 Å². The molecule has 1 aromatic heterocycles. The van der Waals surface area contributed by atoms with Gasteiger partial charge >= 0.3 is 0 Å². The van der Waals surface area contributed by atoms with Gasteiger partial charge in [-0.15, -0.1) is 0 Å². The van der Waals surface area contributed by atoms with Gasteiger partial charge in [0.05, 0.1) is 4.47 Å². The molecule has 0 aliphatic heterocycles. The van der Waals surface area contributed by atoms with Crippen LogP contribution in [0.1, 0.15) is 18.4 Å². The lowest BCUT2D eigenvalue weighted by Gasteiger charge is -2.08. The van der Waals surface area contributed by atoms with Gasteiger partial charge in [0.15, 0.2) is 0 Å². The summed E-state index contributed by atoms with van der Waals surface area (Å²) >= 11 is 3.44. The summed E-state index contributed by atoms with van der Waals surface area (Å²) in [6.45, 7) is 3.93. The van der Waals surface area contributed by atoms with Gasteiger partial charge in [0.2, 0.25) is 5.88 Å². The molecule has 0 bridgehead atoms. The van der Waals surface area contributed by atoms with Gasteiger partial charge < -0.3 is 4.74 Å². The predicted molar refractivity (Wildman–Crippen MR) is 70.4 cm³/mol. The Morgan fingerprint density at radius 1 is 1.24 bits per heavy atom. The summed E-state index contributed by atoms with van der Waals surface area (Å²) in [6.07, 6.45) is 0.871. The summed E-state index contributed by atoms with van der Waals surface area (Å²) < 4.78 is 6.65. The average Bonchev–Trinajstić information content (AvgIpc) is 2.31.